The molecule has 120 valence electrons. The van der Waals surface area contributed by atoms with Gasteiger partial charge in [-0.05, 0) is 13.0 Å². The molecule has 1 aromatic carbocycles. The quantitative estimate of drug-likeness (QED) is 0.686. The van der Waals surface area contributed by atoms with Crippen molar-refractivity contribution in [1.82, 2.24) is 10.6 Å². The van der Waals surface area contributed by atoms with Gasteiger partial charge >= 0.3 is 0 Å². The van der Waals surface area contributed by atoms with Crippen molar-refractivity contribution in [2.45, 2.75) is 13.0 Å². The Balaban J connectivity index is 2.02. The molecule has 1 atom stereocenters. The molecule has 22 heavy (non-hydrogen) atoms. The fourth-order valence-corrected chi connectivity index (χ4v) is 2.15. The number of nitrogens with two attached hydrogens (primary N) is 1. The molecule has 0 unspecified atom stereocenters. The van der Waals surface area contributed by atoms with Gasteiger partial charge in [-0.15, -0.1) is 0 Å². The molecule has 2 amide bonds. The Morgan fingerprint density at radius 2 is 2.36 bits per heavy atom. The number of ether oxygens (including phenoxy) is 2. The number of nitrogen functional groups attached to an aromatic ring is 1. The fraction of sp³-hybridized carbons (Fsp3) is 0.429. The highest BCUT2D eigenvalue weighted by Crippen LogP contribution is 2.29. The molecule has 2 rings (SSSR count). The Morgan fingerprint density at radius 3 is 3.00 bits per heavy atom. The lowest BCUT2D eigenvalue weighted by molar-refractivity contribution is -0.132. The Labute approximate surface area is 133 Å². The summed E-state index contributed by atoms with van der Waals surface area (Å²) < 4.78 is 10.7. The topological polar surface area (TPSA) is 103 Å². The van der Waals surface area contributed by atoms with E-state index < -0.39 is 0 Å². The summed E-state index contributed by atoms with van der Waals surface area (Å²) in [5, 5.41) is 5.69. The molecule has 1 fully saturated rings. The van der Waals surface area contributed by atoms with Crippen LogP contribution >= 0.6 is 11.6 Å². The molecule has 4 N–H and O–H groups in total. The van der Waals surface area contributed by atoms with Gasteiger partial charge in [0.25, 0.3) is 5.91 Å². The van der Waals surface area contributed by atoms with Crippen molar-refractivity contribution in [1.29, 1.82) is 0 Å². The number of benzene rings is 1. The second-order valence-corrected chi connectivity index (χ2v) is 5.16. The van der Waals surface area contributed by atoms with E-state index in [0.717, 1.165) is 0 Å². The predicted molar refractivity (Wildman–Crippen MR) is 82.1 cm³/mol. The molecule has 0 radical (unpaired) electrons. The van der Waals surface area contributed by atoms with Crippen LogP contribution in [-0.4, -0.2) is 44.2 Å². The molecule has 1 aromatic rings. The number of rotatable bonds is 5. The first kappa shape index (κ1) is 16.4. The number of amides is 2. The molecule has 1 heterocycles. The zero-order valence-electron chi connectivity index (χ0n) is 12.1. The van der Waals surface area contributed by atoms with Crippen molar-refractivity contribution in [3.8, 4) is 5.75 Å². The van der Waals surface area contributed by atoms with Gasteiger partial charge < -0.3 is 25.8 Å². The molecule has 0 saturated carbocycles. The standard InChI is InChI=1S/C14H18ClN3O4/c1-2-21-12-4-11(16)10(15)3-9(12)14(20)18-6-8-5-17-13(19)7-22-8/h3-4,8H,2,5-7,16H2,1H3,(H,17,19)(H,18,20)/t8-/m0/s1. The van der Waals surface area contributed by atoms with E-state index >= 15 is 0 Å². The zero-order chi connectivity index (χ0) is 16.1. The highest BCUT2D eigenvalue weighted by molar-refractivity contribution is 6.33. The van der Waals surface area contributed by atoms with E-state index in [1.165, 1.54) is 12.1 Å². The maximum atomic E-state index is 12.3. The lowest BCUT2D eigenvalue weighted by Gasteiger charge is -2.23. The second kappa shape index (κ2) is 7.33. The average Bonchev–Trinajstić information content (AvgIpc) is 2.50. The van der Waals surface area contributed by atoms with Gasteiger partial charge in [0, 0.05) is 19.2 Å². The minimum atomic E-state index is -0.342. The van der Waals surface area contributed by atoms with E-state index in [0.29, 0.717) is 30.2 Å². The summed E-state index contributed by atoms with van der Waals surface area (Å²) in [5.74, 6) is -0.128. The molecule has 0 aromatic heterocycles. The molecule has 0 aliphatic carbocycles. The van der Waals surface area contributed by atoms with Gasteiger partial charge in [-0.1, -0.05) is 11.6 Å². The first-order valence-electron chi connectivity index (χ1n) is 6.89. The summed E-state index contributed by atoms with van der Waals surface area (Å²) in [6.07, 6.45) is -0.263. The van der Waals surface area contributed by atoms with Gasteiger partial charge in [-0.3, -0.25) is 9.59 Å². The molecular formula is C14H18ClN3O4. The summed E-state index contributed by atoms with van der Waals surface area (Å²) in [6.45, 7) is 2.84. The van der Waals surface area contributed by atoms with Crippen LogP contribution in [0.2, 0.25) is 5.02 Å². The van der Waals surface area contributed by atoms with Crippen LogP contribution in [0.25, 0.3) is 0 Å². The van der Waals surface area contributed by atoms with Gasteiger partial charge in [0.2, 0.25) is 5.91 Å². The maximum absolute atomic E-state index is 12.3. The Kier molecular flexibility index (Phi) is 5.46. The van der Waals surface area contributed by atoms with Crippen LogP contribution in [0.4, 0.5) is 5.69 Å². The minimum Gasteiger partial charge on any atom is -0.493 e. The van der Waals surface area contributed by atoms with Crippen molar-refractivity contribution < 1.29 is 19.1 Å². The van der Waals surface area contributed by atoms with Gasteiger partial charge in [-0.25, -0.2) is 0 Å². The third kappa shape index (κ3) is 4.02. The summed E-state index contributed by atoms with van der Waals surface area (Å²) in [6, 6.07) is 3.00. The molecular weight excluding hydrogens is 310 g/mol. The van der Waals surface area contributed by atoms with Gasteiger partial charge in [0.05, 0.1) is 29.0 Å². The van der Waals surface area contributed by atoms with Crippen LogP contribution in [0.5, 0.6) is 5.75 Å². The third-order valence-corrected chi connectivity index (χ3v) is 3.44. The van der Waals surface area contributed by atoms with Crippen LogP contribution in [0, 0.1) is 0 Å². The first-order valence-corrected chi connectivity index (χ1v) is 7.27. The van der Waals surface area contributed by atoms with E-state index in [4.69, 9.17) is 26.8 Å². The number of anilines is 1. The lowest BCUT2D eigenvalue weighted by atomic mass is 10.1. The Morgan fingerprint density at radius 1 is 1.59 bits per heavy atom. The van der Waals surface area contributed by atoms with E-state index in [1.807, 2.05) is 6.92 Å². The molecule has 7 nitrogen and oxygen atoms in total. The number of halogens is 1. The fourth-order valence-electron chi connectivity index (χ4n) is 1.99. The van der Waals surface area contributed by atoms with Crippen molar-refractivity contribution in [3.63, 3.8) is 0 Å². The SMILES string of the molecule is CCOc1cc(N)c(Cl)cc1C(=O)NC[C@@H]1CNC(=O)CO1. The van der Waals surface area contributed by atoms with Crippen LogP contribution < -0.4 is 21.1 Å². The van der Waals surface area contributed by atoms with Crippen molar-refractivity contribution in [3.05, 3.63) is 22.7 Å². The molecule has 8 heteroatoms. The van der Waals surface area contributed by atoms with Gasteiger partial charge in [-0.2, -0.15) is 0 Å². The number of carbonyl (C=O) groups excluding carboxylic acids is 2. The van der Waals surface area contributed by atoms with Crippen LogP contribution in [0.15, 0.2) is 12.1 Å². The van der Waals surface area contributed by atoms with E-state index in [1.54, 1.807) is 0 Å². The van der Waals surface area contributed by atoms with Gasteiger partial charge in [0.1, 0.15) is 12.4 Å². The molecule has 1 aliphatic rings. The van der Waals surface area contributed by atoms with Crippen LogP contribution in [0.3, 0.4) is 0 Å². The number of nitrogens with one attached hydrogen (secondary N) is 2. The second-order valence-electron chi connectivity index (χ2n) is 4.75. The summed E-state index contributed by atoms with van der Waals surface area (Å²) in [5.41, 5.74) is 6.37. The zero-order valence-corrected chi connectivity index (χ0v) is 12.9. The molecule has 0 spiro atoms. The van der Waals surface area contributed by atoms with Crippen molar-refractivity contribution >= 4 is 29.1 Å². The van der Waals surface area contributed by atoms with Crippen LogP contribution in [-0.2, 0) is 9.53 Å². The highest BCUT2D eigenvalue weighted by Gasteiger charge is 2.21. The highest BCUT2D eigenvalue weighted by atomic mass is 35.5. The molecule has 0 bridgehead atoms. The smallest absolute Gasteiger partial charge is 0.255 e. The predicted octanol–water partition coefficient (Wildman–Crippen LogP) is 0.566. The minimum absolute atomic E-state index is 0.00156. The van der Waals surface area contributed by atoms with E-state index in [-0.39, 0.29) is 36.1 Å². The Hall–Kier alpha value is -1.99. The van der Waals surface area contributed by atoms with E-state index in [9.17, 15) is 9.59 Å². The van der Waals surface area contributed by atoms with E-state index in [2.05, 4.69) is 10.6 Å². The number of hydrogen-bond acceptors (Lipinski definition) is 5. The number of hydrogen-bond donors (Lipinski definition) is 3. The largest absolute Gasteiger partial charge is 0.493 e. The van der Waals surface area contributed by atoms with Crippen molar-refractivity contribution in [2.24, 2.45) is 0 Å². The number of morpholine rings is 1. The average molecular weight is 328 g/mol. The van der Waals surface area contributed by atoms with Crippen LogP contribution in [0.1, 0.15) is 17.3 Å². The molecule has 1 saturated heterocycles. The summed E-state index contributed by atoms with van der Waals surface area (Å²) in [7, 11) is 0. The summed E-state index contributed by atoms with van der Waals surface area (Å²) >= 11 is 5.96. The third-order valence-electron chi connectivity index (χ3n) is 3.11. The number of carbonyl (C=O) groups is 2. The maximum Gasteiger partial charge on any atom is 0.255 e. The molecule has 1 aliphatic heterocycles. The first-order chi connectivity index (χ1) is 10.5. The lowest BCUT2D eigenvalue weighted by Crippen LogP contribution is -2.48. The van der Waals surface area contributed by atoms with Crippen molar-refractivity contribution in [2.75, 3.05) is 32.0 Å². The van der Waals surface area contributed by atoms with Gasteiger partial charge in [0.15, 0.2) is 0 Å². The normalized spacial score (nSPS) is 17.7. The monoisotopic (exact) mass is 327 g/mol. The Bertz CT molecular complexity index is 569. The summed E-state index contributed by atoms with van der Waals surface area (Å²) in [4.78, 5) is 23.3.